The van der Waals surface area contributed by atoms with Crippen LogP contribution in [0.1, 0.15) is 0 Å². The van der Waals surface area contributed by atoms with Crippen molar-refractivity contribution in [2.24, 2.45) is 10.8 Å². The van der Waals surface area contributed by atoms with E-state index in [0.29, 0.717) is 11.5 Å². The summed E-state index contributed by atoms with van der Waals surface area (Å²) < 4.78 is 5.71. The van der Waals surface area contributed by atoms with E-state index in [2.05, 4.69) is 5.10 Å². The second-order valence-corrected chi connectivity index (χ2v) is 4.53. The molecule has 1 amide bonds. The number of carbonyl (C=O) groups excluding carboxylic acids is 1. The Morgan fingerprint density at radius 2 is 2.00 bits per heavy atom. The second kappa shape index (κ2) is 4.41. The summed E-state index contributed by atoms with van der Waals surface area (Å²) in [7, 11) is 3.47. The molecule has 0 unspecified atom stereocenters. The van der Waals surface area contributed by atoms with Gasteiger partial charge in [-0.1, -0.05) is 12.1 Å². The highest BCUT2D eigenvalue weighted by Gasteiger charge is 2.26. The molecular formula is C14H14N4O2. The number of carbonyl (C=O) groups is 1. The molecule has 6 heteroatoms. The van der Waals surface area contributed by atoms with Gasteiger partial charge in [0.1, 0.15) is 0 Å². The fourth-order valence-electron chi connectivity index (χ4n) is 2.12. The number of rotatable bonds is 1. The standard InChI is InChI=1S/C14H14N4O2/c1-17-10-5-3-4-6-11(10)20-12(17)8-7-9-13(15)16-18(2)14(9)19/h3-8H,1-2H3,(H2,15,16)/b9-7+,12-8+. The molecule has 0 bridgehead atoms. The van der Waals surface area contributed by atoms with Gasteiger partial charge in [-0.15, -0.1) is 0 Å². The van der Waals surface area contributed by atoms with E-state index < -0.39 is 0 Å². The van der Waals surface area contributed by atoms with Crippen LogP contribution in [0.25, 0.3) is 0 Å². The van der Waals surface area contributed by atoms with Crippen LogP contribution in [0.5, 0.6) is 5.75 Å². The summed E-state index contributed by atoms with van der Waals surface area (Å²) in [6.45, 7) is 0. The van der Waals surface area contributed by atoms with Crippen molar-refractivity contribution in [1.29, 1.82) is 0 Å². The van der Waals surface area contributed by atoms with Crippen LogP contribution in [0.3, 0.4) is 0 Å². The SMILES string of the molecule is CN1N=C(N)/C(=C\C=C2\Oc3ccccc3N2C)C1=O. The zero-order valence-electron chi connectivity index (χ0n) is 11.2. The molecule has 0 saturated heterocycles. The Balaban J connectivity index is 1.89. The summed E-state index contributed by atoms with van der Waals surface area (Å²) >= 11 is 0. The molecule has 1 aromatic rings. The van der Waals surface area contributed by atoms with Crippen molar-refractivity contribution < 1.29 is 9.53 Å². The molecule has 3 rings (SSSR count). The smallest absolute Gasteiger partial charge is 0.277 e. The molecule has 0 spiro atoms. The largest absolute Gasteiger partial charge is 0.439 e. The number of para-hydroxylation sites is 2. The van der Waals surface area contributed by atoms with Crippen molar-refractivity contribution in [1.82, 2.24) is 5.01 Å². The molecule has 102 valence electrons. The van der Waals surface area contributed by atoms with Crippen LogP contribution in [0.2, 0.25) is 0 Å². The third-order valence-electron chi connectivity index (χ3n) is 3.22. The molecule has 20 heavy (non-hydrogen) atoms. The third-order valence-corrected chi connectivity index (χ3v) is 3.22. The third kappa shape index (κ3) is 1.82. The van der Waals surface area contributed by atoms with Crippen molar-refractivity contribution in [2.75, 3.05) is 19.0 Å². The fourth-order valence-corrected chi connectivity index (χ4v) is 2.12. The Hall–Kier alpha value is -2.76. The highest BCUT2D eigenvalue weighted by molar-refractivity contribution is 6.23. The summed E-state index contributed by atoms with van der Waals surface area (Å²) in [5.41, 5.74) is 7.05. The summed E-state index contributed by atoms with van der Waals surface area (Å²) in [5.74, 6) is 1.41. The van der Waals surface area contributed by atoms with Crippen LogP contribution in [-0.4, -0.2) is 30.8 Å². The molecular weight excluding hydrogens is 256 g/mol. The van der Waals surface area contributed by atoms with Crippen LogP contribution in [0.4, 0.5) is 5.69 Å². The van der Waals surface area contributed by atoms with E-state index in [1.54, 1.807) is 19.2 Å². The molecule has 0 aliphatic carbocycles. The Bertz CT molecular complexity index is 676. The van der Waals surface area contributed by atoms with E-state index >= 15 is 0 Å². The number of nitrogens with two attached hydrogens (primary N) is 1. The minimum absolute atomic E-state index is 0.215. The first-order valence-electron chi connectivity index (χ1n) is 6.13. The molecule has 0 saturated carbocycles. The first-order valence-corrected chi connectivity index (χ1v) is 6.13. The van der Waals surface area contributed by atoms with Crippen LogP contribution in [0, 0.1) is 0 Å². The second-order valence-electron chi connectivity index (χ2n) is 4.53. The molecule has 0 aromatic heterocycles. The number of allylic oxidation sites excluding steroid dienone is 2. The zero-order valence-corrected chi connectivity index (χ0v) is 11.2. The number of ether oxygens (including phenoxy) is 1. The molecule has 0 radical (unpaired) electrons. The maximum atomic E-state index is 11.8. The number of hydrogen-bond donors (Lipinski definition) is 1. The van der Waals surface area contributed by atoms with Crippen molar-refractivity contribution in [3.63, 3.8) is 0 Å². The summed E-state index contributed by atoms with van der Waals surface area (Å²) in [6.07, 6.45) is 3.34. The predicted molar refractivity (Wildman–Crippen MR) is 76.0 cm³/mol. The van der Waals surface area contributed by atoms with Crippen LogP contribution >= 0.6 is 0 Å². The van der Waals surface area contributed by atoms with E-state index in [0.717, 1.165) is 11.4 Å². The first-order chi connectivity index (χ1) is 9.58. The molecule has 1 aromatic carbocycles. The van der Waals surface area contributed by atoms with E-state index in [4.69, 9.17) is 10.5 Å². The quantitative estimate of drug-likeness (QED) is 0.774. The highest BCUT2D eigenvalue weighted by Crippen LogP contribution is 2.37. The molecule has 2 N–H and O–H groups in total. The highest BCUT2D eigenvalue weighted by atomic mass is 16.5. The van der Waals surface area contributed by atoms with Gasteiger partial charge in [-0.25, -0.2) is 5.01 Å². The fraction of sp³-hybridized carbons (Fsp3) is 0.143. The van der Waals surface area contributed by atoms with Gasteiger partial charge in [-0.2, -0.15) is 5.10 Å². The Kier molecular flexibility index (Phi) is 2.71. The van der Waals surface area contributed by atoms with Gasteiger partial charge >= 0.3 is 0 Å². The van der Waals surface area contributed by atoms with Gasteiger partial charge in [0.2, 0.25) is 0 Å². The number of hydrogen-bond acceptors (Lipinski definition) is 5. The lowest BCUT2D eigenvalue weighted by atomic mass is 10.2. The molecule has 2 heterocycles. The summed E-state index contributed by atoms with van der Waals surface area (Å²) in [4.78, 5) is 13.7. The average Bonchev–Trinajstić information content (AvgIpc) is 2.87. The van der Waals surface area contributed by atoms with Gasteiger partial charge in [0.25, 0.3) is 5.91 Å². The number of anilines is 1. The van der Waals surface area contributed by atoms with Gasteiger partial charge < -0.3 is 15.4 Å². The predicted octanol–water partition coefficient (Wildman–Crippen LogP) is 1.03. The lowest BCUT2D eigenvalue weighted by Gasteiger charge is -2.09. The molecule has 0 fully saturated rings. The molecule has 2 aliphatic rings. The van der Waals surface area contributed by atoms with Crippen molar-refractivity contribution >= 4 is 17.4 Å². The molecule has 0 atom stereocenters. The van der Waals surface area contributed by atoms with Crippen LogP contribution in [0.15, 0.2) is 53.0 Å². The van der Waals surface area contributed by atoms with E-state index in [-0.39, 0.29) is 11.7 Å². The number of amides is 1. The van der Waals surface area contributed by atoms with Crippen LogP contribution < -0.4 is 15.4 Å². The topological polar surface area (TPSA) is 71.2 Å². The lowest BCUT2D eigenvalue weighted by Crippen LogP contribution is -2.19. The van der Waals surface area contributed by atoms with Crippen molar-refractivity contribution in [2.45, 2.75) is 0 Å². The minimum atomic E-state index is -0.225. The Labute approximate surface area is 116 Å². The Morgan fingerprint density at radius 3 is 2.65 bits per heavy atom. The molecule has 2 aliphatic heterocycles. The van der Waals surface area contributed by atoms with Crippen molar-refractivity contribution in [3.05, 3.63) is 47.9 Å². The average molecular weight is 270 g/mol. The maximum Gasteiger partial charge on any atom is 0.277 e. The molecule has 6 nitrogen and oxygen atoms in total. The van der Waals surface area contributed by atoms with Crippen LogP contribution in [-0.2, 0) is 4.79 Å². The monoisotopic (exact) mass is 270 g/mol. The number of nitrogens with zero attached hydrogens (tertiary/aromatic N) is 3. The lowest BCUT2D eigenvalue weighted by molar-refractivity contribution is -0.124. The number of benzene rings is 1. The van der Waals surface area contributed by atoms with E-state index in [9.17, 15) is 4.79 Å². The summed E-state index contributed by atoms with van der Waals surface area (Å²) in [5, 5.41) is 5.10. The van der Waals surface area contributed by atoms with E-state index in [1.807, 2.05) is 36.2 Å². The minimum Gasteiger partial charge on any atom is -0.439 e. The number of amidine groups is 1. The van der Waals surface area contributed by atoms with Gasteiger partial charge in [-0.05, 0) is 24.3 Å². The number of likely N-dealkylation sites (N-methyl/N-ethyl adjacent to an activating group) is 1. The van der Waals surface area contributed by atoms with Gasteiger partial charge in [-0.3, -0.25) is 4.79 Å². The normalized spacial score (nSPS) is 21.5. The van der Waals surface area contributed by atoms with Gasteiger partial charge in [0.05, 0.1) is 11.3 Å². The number of fused-ring (bicyclic) bond motifs is 1. The maximum absolute atomic E-state index is 11.8. The zero-order chi connectivity index (χ0) is 14.3. The van der Waals surface area contributed by atoms with Gasteiger partial charge in [0.15, 0.2) is 17.5 Å². The first kappa shape index (κ1) is 12.3. The van der Waals surface area contributed by atoms with Gasteiger partial charge in [0, 0.05) is 14.1 Å². The van der Waals surface area contributed by atoms with E-state index in [1.165, 1.54) is 5.01 Å². The number of hydrazone groups is 1. The Morgan fingerprint density at radius 1 is 1.25 bits per heavy atom. The summed E-state index contributed by atoms with van der Waals surface area (Å²) in [6, 6.07) is 7.71. The van der Waals surface area contributed by atoms with Crippen molar-refractivity contribution in [3.8, 4) is 5.75 Å².